The molecular formula is C25H28N6O2. The van der Waals surface area contributed by atoms with E-state index in [1.807, 2.05) is 85.1 Å². The number of anilines is 1. The number of aliphatic imine (C=N–C) groups is 1. The van der Waals surface area contributed by atoms with Crippen LogP contribution < -0.4 is 15.4 Å². The van der Waals surface area contributed by atoms with E-state index < -0.39 is 0 Å². The minimum absolute atomic E-state index is 0.131. The Hall–Kier alpha value is -4.07. The number of guanidine groups is 1. The standard InChI is InChI=1S/C25H28N6O2/c1-19(2)33-23-12-10-20(11-13-23)29-25(26-15-14-22-9-6-16-32-22)27-17-24-30-28-18-31(24)21-7-4-3-5-8-21/h3-13,16,18-19H,14-15,17H2,1-2H3,(H2,26,27,29). The second-order valence-corrected chi connectivity index (χ2v) is 7.69. The summed E-state index contributed by atoms with van der Waals surface area (Å²) in [5.74, 6) is 3.13. The van der Waals surface area contributed by atoms with Crippen LogP contribution in [0.1, 0.15) is 25.4 Å². The Morgan fingerprint density at radius 2 is 1.88 bits per heavy atom. The minimum Gasteiger partial charge on any atom is -0.491 e. The first kappa shape index (κ1) is 22.1. The third kappa shape index (κ3) is 6.46. The molecule has 0 fully saturated rings. The van der Waals surface area contributed by atoms with Gasteiger partial charge in [0.05, 0.1) is 12.4 Å². The average molecular weight is 445 g/mol. The number of aromatic nitrogens is 3. The van der Waals surface area contributed by atoms with Gasteiger partial charge in [0.1, 0.15) is 24.4 Å². The van der Waals surface area contributed by atoms with Gasteiger partial charge < -0.3 is 19.8 Å². The van der Waals surface area contributed by atoms with Crippen LogP contribution in [0.3, 0.4) is 0 Å². The number of nitrogens with zero attached hydrogens (tertiary/aromatic N) is 4. The summed E-state index contributed by atoms with van der Waals surface area (Å²) in [6.07, 6.45) is 4.26. The third-order valence-electron chi connectivity index (χ3n) is 4.76. The lowest BCUT2D eigenvalue weighted by Gasteiger charge is -2.14. The summed E-state index contributed by atoms with van der Waals surface area (Å²) in [4.78, 5) is 4.75. The molecular weight excluding hydrogens is 416 g/mol. The fourth-order valence-electron chi connectivity index (χ4n) is 3.25. The highest BCUT2D eigenvalue weighted by atomic mass is 16.5. The van der Waals surface area contributed by atoms with Crippen molar-refractivity contribution in [3.63, 3.8) is 0 Å². The lowest BCUT2D eigenvalue weighted by Crippen LogP contribution is -2.32. The Balaban J connectivity index is 1.47. The minimum atomic E-state index is 0.131. The number of hydrogen-bond acceptors (Lipinski definition) is 5. The van der Waals surface area contributed by atoms with E-state index in [0.29, 0.717) is 19.0 Å². The van der Waals surface area contributed by atoms with Crippen molar-refractivity contribution in [2.45, 2.75) is 32.9 Å². The highest BCUT2D eigenvalue weighted by Gasteiger charge is 2.08. The summed E-state index contributed by atoms with van der Waals surface area (Å²) < 4.78 is 13.1. The molecule has 0 spiro atoms. The van der Waals surface area contributed by atoms with Gasteiger partial charge in [-0.2, -0.15) is 0 Å². The van der Waals surface area contributed by atoms with Crippen LogP contribution in [-0.2, 0) is 13.0 Å². The lowest BCUT2D eigenvalue weighted by molar-refractivity contribution is 0.242. The van der Waals surface area contributed by atoms with Gasteiger partial charge in [0, 0.05) is 24.3 Å². The largest absolute Gasteiger partial charge is 0.491 e. The number of hydrogen-bond donors (Lipinski definition) is 2. The van der Waals surface area contributed by atoms with Crippen LogP contribution in [0.4, 0.5) is 5.69 Å². The van der Waals surface area contributed by atoms with E-state index in [4.69, 9.17) is 14.1 Å². The molecule has 0 radical (unpaired) electrons. The molecule has 0 aliphatic carbocycles. The van der Waals surface area contributed by atoms with Gasteiger partial charge in [0.25, 0.3) is 0 Å². The van der Waals surface area contributed by atoms with Gasteiger partial charge in [-0.15, -0.1) is 10.2 Å². The van der Waals surface area contributed by atoms with Crippen LogP contribution >= 0.6 is 0 Å². The van der Waals surface area contributed by atoms with E-state index in [1.54, 1.807) is 12.6 Å². The van der Waals surface area contributed by atoms with Gasteiger partial charge in [0.15, 0.2) is 11.8 Å². The predicted molar refractivity (Wildman–Crippen MR) is 129 cm³/mol. The van der Waals surface area contributed by atoms with E-state index in [9.17, 15) is 0 Å². The van der Waals surface area contributed by atoms with Crippen molar-refractivity contribution < 1.29 is 9.15 Å². The van der Waals surface area contributed by atoms with Gasteiger partial charge in [-0.3, -0.25) is 4.57 Å². The number of rotatable bonds is 9. The van der Waals surface area contributed by atoms with Gasteiger partial charge >= 0.3 is 0 Å². The van der Waals surface area contributed by atoms with Gasteiger partial charge in [-0.05, 0) is 62.4 Å². The molecule has 2 aromatic heterocycles. The van der Waals surface area contributed by atoms with Crippen molar-refractivity contribution in [2.24, 2.45) is 4.99 Å². The van der Waals surface area contributed by atoms with Crippen molar-refractivity contribution in [3.8, 4) is 11.4 Å². The molecule has 2 N–H and O–H groups in total. The fourth-order valence-corrected chi connectivity index (χ4v) is 3.25. The van der Waals surface area contributed by atoms with E-state index in [0.717, 1.165) is 35.1 Å². The Labute approximate surface area is 193 Å². The molecule has 0 atom stereocenters. The average Bonchev–Trinajstić information content (AvgIpc) is 3.51. The fraction of sp³-hybridized carbons (Fsp3) is 0.240. The summed E-state index contributed by atoms with van der Waals surface area (Å²) in [7, 11) is 0. The van der Waals surface area contributed by atoms with Gasteiger partial charge in [-0.25, -0.2) is 4.99 Å². The number of ether oxygens (including phenoxy) is 1. The molecule has 0 aliphatic rings. The molecule has 0 saturated carbocycles. The Morgan fingerprint density at radius 1 is 1.06 bits per heavy atom. The molecule has 0 bridgehead atoms. The molecule has 4 aromatic rings. The van der Waals surface area contributed by atoms with Crippen molar-refractivity contribution in [1.29, 1.82) is 0 Å². The van der Waals surface area contributed by atoms with Crippen LogP contribution in [0, 0.1) is 0 Å². The van der Waals surface area contributed by atoms with Crippen molar-refractivity contribution >= 4 is 11.6 Å². The first-order chi connectivity index (χ1) is 16.2. The second-order valence-electron chi connectivity index (χ2n) is 7.69. The zero-order valence-corrected chi connectivity index (χ0v) is 18.8. The highest BCUT2D eigenvalue weighted by Crippen LogP contribution is 2.17. The molecule has 0 aliphatic heterocycles. The molecule has 170 valence electrons. The number of furan rings is 1. The number of para-hydroxylation sites is 1. The maximum absolute atomic E-state index is 5.73. The first-order valence-electron chi connectivity index (χ1n) is 11.0. The molecule has 0 saturated heterocycles. The molecule has 4 rings (SSSR count). The lowest BCUT2D eigenvalue weighted by atomic mass is 10.3. The topological polar surface area (TPSA) is 89.5 Å². The van der Waals surface area contributed by atoms with Crippen molar-refractivity contribution in [2.75, 3.05) is 11.9 Å². The van der Waals surface area contributed by atoms with Crippen LogP contribution in [0.25, 0.3) is 5.69 Å². The monoisotopic (exact) mass is 444 g/mol. The normalized spacial score (nSPS) is 11.5. The highest BCUT2D eigenvalue weighted by molar-refractivity contribution is 5.93. The summed E-state index contributed by atoms with van der Waals surface area (Å²) in [6, 6.07) is 21.6. The predicted octanol–water partition coefficient (Wildman–Crippen LogP) is 4.45. The molecule has 8 nitrogen and oxygen atoms in total. The summed E-state index contributed by atoms with van der Waals surface area (Å²) >= 11 is 0. The maximum Gasteiger partial charge on any atom is 0.196 e. The first-order valence-corrected chi connectivity index (χ1v) is 11.0. The van der Waals surface area contributed by atoms with Gasteiger partial charge in [-0.1, -0.05) is 18.2 Å². The molecule has 0 amide bonds. The molecule has 0 unspecified atom stereocenters. The zero-order valence-electron chi connectivity index (χ0n) is 18.8. The summed E-state index contributed by atoms with van der Waals surface area (Å²) in [6.45, 7) is 5.04. The molecule has 8 heteroatoms. The number of benzene rings is 2. The van der Waals surface area contributed by atoms with Crippen LogP contribution in [0.2, 0.25) is 0 Å². The summed E-state index contributed by atoms with van der Waals surface area (Å²) in [5, 5.41) is 15.0. The van der Waals surface area contributed by atoms with Crippen LogP contribution in [0.5, 0.6) is 5.75 Å². The van der Waals surface area contributed by atoms with Gasteiger partial charge in [0.2, 0.25) is 0 Å². The Bertz CT molecular complexity index is 1140. The quantitative estimate of drug-likeness (QED) is 0.293. The van der Waals surface area contributed by atoms with Crippen molar-refractivity contribution in [1.82, 2.24) is 20.1 Å². The molecule has 2 aromatic carbocycles. The third-order valence-corrected chi connectivity index (χ3v) is 4.76. The SMILES string of the molecule is CC(C)Oc1ccc(NC(=NCc2nncn2-c2ccccc2)NCCc2ccco2)cc1. The Morgan fingerprint density at radius 3 is 2.61 bits per heavy atom. The number of nitrogens with one attached hydrogen (secondary N) is 2. The van der Waals surface area contributed by atoms with E-state index in [2.05, 4.69) is 20.8 Å². The maximum atomic E-state index is 5.73. The van der Waals surface area contributed by atoms with Crippen LogP contribution in [-0.4, -0.2) is 33.4 Å². The van der Waals surface area contributed by atoms with Crippen LogP contribution in [0.15, 0.2) is 88.7 Å². The molecule has 33 heavy (non-hydrogen) atoms. The van der Waals surface area contributed by atoms with E-state index in [-0.39, 0.29) is 6.10 Å². The van der Waals surface area contributed by atoms with E-state index >= 15 is 0 Å². The zero-order chi connectivity index (χ0) is 22.9. The van der Waals surface area contributed by atoms with E-state index in [1.165, 1.54) is 0 Å². The smallest absolute Gasteiger partial charge is 0.196 e. The second kappa shape index (κ2) is 11.0. The Kier molecular flexibility index (Phi) is 7.37. The summed E-state index contributed by atoms with van der Waals surface area (Å²) in [5.41, 5.74) is 1.90. The molecule has 2 heterocycles. The van der Waals surface area contributed by atoms with Crippen molar-refractivity contribution in [3.05, 3.63) is 90.9 Å².